The van der Waals surface area contributed by atoms with Gasteiger partial charge in [0, 0.05) is 24.4 Å². The van der Waals surface area contributed by atoms with Crippen molar-refractivity contribution in [3.8, 4) is 0 Å². The Morgan fingerprint density at radius 3 is 2.80 bits per heavy atom. The second kappa shape index (κ2) is 7.21. The zero-order chi connectivity index (χ0) is 18.0. The third-order valence-electron chi connectivity index (χ3n) is 4.97. The molecule has 1 aliphatic heterocycles. The van der Waals surface area contributed by atoms with Gasteiger partial charge in [0.15, 0.2) is 0 Å². The van der Waals surface area contributed by atoms with Gasteiger partial charge < -0.3 is 10.0 Å². The Morgan fingerprint density at radius 1 is 1.24 bits per heavy atom. The predicted octanol–water partition coefficient (Wildman–Crippen LogP) is 3.71. The number of amides is 1. The molecule has 1 amide bonds. The highest BCUT2D eigenvalue weighted by Crippen LogP contribution is 2.25. The molecule has 0 spiro atoms. The van der Waals surface area contributed by atoms with E-state index in [0.29, 0.717) is 18.5 Å². The fraction of sp³-hybridized carbons (Fsp3) is 0.450. The Morgan fingerprint density at radius 2 is 2.04 bits per heavy atom. The summed E-state index contributed by atoms with van der Waals surface area (Å²) in [5, 5.41) is 9.93. The molecule has 0 unspecified atom stereocenters. The number of aryl methyl sites for hydroxylation is 2. The number of carboxylic acid groups (broad SMARTS) is 1. The minimum absolute atomic E-state index is 0.00459. The highest BCUT2D eigenvalue weighted by atomic mass is 16.4. The Kier molecular flexibility index (Phi) is 5.02. The number of benzene rings is 1. The van der Waals surface area contributed by atoms with Crippen LogP contribution in [0.5, 0.6) is 0 Å². The van der Waals surface area contributed by atoms with Crippen LogP contribution in [0.15, 0.2) is 24.3 Å². The SMILES string of the molecule is Cc1ccc2nc(C)c(C(=O)N3CCCC[C@@H]3CCC(=O)O)cc2c1. The molecule has 0 aliphatic carbocycles. The maximum atomic E-state index is 13.1. The molecular weight excluding hydrogens is 316 g/mol. The van der Waals surface area contributed by atoms with Gasteiger partial charge in [0.1, 0.15) is 0 Å². The lowest BCUT2D eigenvalue weighted by atomic mass is 9.96. The van der Waals surface area contributed by atoms with Crippen molar-refractivity contribution in [2.45, 2.75) is 52.0 Å². The van der Waals surface area contributed by atoms with E-state index >= 15 is 0 Å². The fourth-order valence-corrected chi connectivity index (χ4v) is 3.62. The number of likely N-dealkylation sites (tertiary alicyclic amines) is 1. The minimum atomic E-state index is -0.808. The van der Waals surface area contributed by atoms with Crippen molar-refractivity contribution >= 4 is 22.8 Å². The number of nitrogens with zero attached hydrogens (tertiary/aromatic N) is 2. The van der Waals surface area contributed by atoms with Crippen LogP contribution in [0.2, 0.25) is 0 Å². The quantitative estimate of drug-likeness (QED) is 0.921. The summed E-state index contributed by atoms with van der Waals surface area (Å²) < 4.78 is 0. The predicted molar refractivity (Wildman–Crippen MR) is 96.8 cm³/mol. The topological polar surface area (TPSA) is 70.5 Å². The Bertz CT molecular complexity index is 816. The van der Waals surface area contributed by atoms with E-state index in [1.165, 1.54) is 0 Å². The van der Waals surface area contributed by atoms with E-state index in [2.05, 4.69) is 4.98 Å². The van der Waals surface area contributed by atoms with Crippen molar-refractivity contribution in [1.82, 2.24) is 9.88 Å². The highest BCUT2D eigenvalue weighted by Gasteiger charge is 2.29. The van der Waals surface area contributed by atoms with Crippen molar-refractivity contribution in [1.29, 1.82) is 0 Å². The maximum absolute atomic E-state index is 13.1. The molecule has 1 saturated heterocycles. The summed E-state index contributed by atoms with van der Waals surface area (Å²) in [7, 11) is 0. The van der Waals surface area contributed by atoms with Gasteiger partial charge in [0.05, 0.1) is 16.8 Å². The van der Waals surface area contributed by atoms with E-state index < -0.39 is 5.97 Å². The molecule has 1 atom stereocenters. The van der Waals surface area contributed by atoms with Crippen LogP contribution < -0.4 is 0 Å². The molecule has 0 radical (unpaired) electrons. The molecule has 1 aliphatic rings. The van der Waals surface area contributed by atoms with E-state index in [9.17, 15) is 9.59 Å². The normalized spacial score (nSPS) is 17.7. The molecular formula is C20H24N2O3. The van der Waals surface area contributed by atoms with Crippen LogP contribution in [0.25, 0.3) is 10.9 Å². The number of hydrogen-bond donors (Lipinski definition) is 1. The van der Waals surface area contributed by atoms with Gasteiger partial charge in [-0.05, 0) is 57.7 Å². The number of carbonyl (C=O) groups is 2. The van der Waals surface area contributed by atoms with Crippen LogP contribution in [-0.4, -0.2) is 39.5 Å². The van der Waals surface area contributed by atoms with Crippen LogP contribution in [0.4, 0.5) is 0 Å². The summed E-state index contributed by atoms with van der Waals surface area (Å²) in [5.74, 6) is -0.833. The van der Waals surface area contributed by atoms with Gasteiger partial charge in [-0.25, -0.2) is 0 Å². The molecule has 3 rings (SSSR count). The lowest BCUT2D eigenvalue weighted by Crippen LogP contribution is -2.44. The Labute approximate surface area is 147 Å². The van der Waals surface area contributed by atoms with E-state index in [1.807, 2.05) is 43.0 Å². The Balaban J connectivity index is 1.91. The summed E-state index contributed by atoms with van der Waals surface area (Å²) in [5.41, 5.74) is 3.37. The summed E-state index contributed by atoms with van der Waals surface area (Å²) >= 11 is 0. The molecule has 1 N–H and O–H groups in total. The van der Waals surface area contributed by atoms with Crippen molar-refractivity contribution in [3.05, 3.63) is 41.1 Å². The third kappa shape index (κ3) is 3.81. The smallest absolute Gasteiger partial charge is 0.303 e. The standard InChI is InChI=1S/C20H24N2O3/c1-13-6-8-18-15(11-13)12-17(14(2)21-18)20(25)22-10-4-3-5-16(22)7-9-19(23)24/h6,8,11-12,16H,3-5,7,9-10H2,1-2H3,(H,23,24)/t16-/m1/s1. The van der Waals surface area contributed by atoms with Crippen LogP contribution in [0, 0.1) is 13.8 Å². The molecule has 5 nitrogen and oxygen atoms in total. The first-order valence-corrected chi connectivity index (χ1v) is 8.86. The van der Waals surface area contributed by atoms with Gasteiger partial charge in [0.2, 0.25) is 0 Å². The number of aliphatic carboxylic acids is 1. The summed E-state index contributed by atoms with van der Waals surface area (Å²) in [6.45, 7) is 4.57. The number of piperidine rings is 1. The number of hydrogen-bond acceptors (Lipinski definition) is 3. The van der Waals surface area contributed by atoms with E-state index in [0.717, 1.165) is 41.4 Å². The molecule has 0 saturated carbocycles. The lowest BCUT2D eigenvalue weighted by Gasteiger charge is -2.36. The highest BCUT2D eigenvalue weighted by molar-refractivity contribution is 5.99. The second-order valence-electron chi connectivity index (χ2n) is 6.90. The van der Waals surface area contributed by atoms with E-state index in [4.69, 9.17) is 5.11 Å². The van der Waals surface area contributed by atoms with Crippen molar-refractivity contribution in [2.24, 2.45) is 0 Å². The monoisotopic (exact) mass is 340 g/mol. The molecule has 25 heavy (non-hydrogen) atoms. The summed E-state index contributed by atoms with van der Waals surface area (Å²) in [6.07, 6.45) is 3.50. The zero-order valence-corrected chi connectivity index (χ0v) is 14.8. The Hall–Kier alpha value is -2.43. The van der Waals surface area contributed by atoms with Crippen LogP contribution >= 0.6 is 0 Å². The molecule has 1 aromatic carbocycles. The first-order valence-electron chi connectivity index (χ1n) is 8.86. The minimum Gasteiger partial charge on any atom is -0.481 e. The number of rotatable bonds is 4. The zero-order valence-electron chi connectivity index (χ0n) is 14.8. The van der Waals surface area contributed by atoms with Crippen molar-refractivity contribution in [3.63, 3.8) is 0 Å². The molecule has 2 aromatic rings. The number of fused-ring (bicyclic) bond motifs is 1. The fourth-order valence-electron chi connectivity index (χ4n) is 3.62. The number of pyridine rings is 1. The molecule has 132 valence electrons. The summed E-state index contributed by atoms with van der Waals surface area (Å²) in [4.78, 5) is 30.5. The molecule has 2 heterocycles. The first kappa shape index (κ1) is 17.4. The third-order valence-corrected chi connectivity index (χ3v) is 4.97. The lowest BCUT2D eigenvalue weighted by molar-refractivity contribution is -0.137. The van der Waals surface area contributed by atoms with Gasteiger partial charge in [0.25, 0.3) is 5.91 Å². The van der Waals surface area contributed by atoms with E-state index in [-0.39, 0.29) is 18.4 Å². The summed E-state index contributed by atoms with van der Waals surface area (Å²) in [6, 6.07) is 7.96. The maximum Gasteiger partial charge on any atom is 0.303 e. The average molecular weight is 340 g/mol. The van der Waals surface area contributed by atoms with Crippen molar-refractivity contribution < 1.29 is 14.7 Å². The van der Waals surface area contributed by atoms with Crippen LogP contribution in [0.1, 0.15) is 53.7 Å². The van der Waals surface area contributed by atoms with Gasteiger partial charge in [-0.15, -0.1) is 0 Å². The van der Waals surface area contributed by atoms with Crippen LogP contribution in [-0.2, 0) is 4.79 Å². The van der Waals surface area contributed by atoms with Gasteiger partial charge in [-0.1, -0.05) is 11.6 Å². The number of carbonyl (C=O) groups excluding carboxylic acids is 1. The number of aromatic nitrogens is 1. The van der Waals surface area contributed by atoms with Gasteiger partial charge >= 0.3 is 5.97 Å². The van der Waals surface area contributed by atoms with E-state index in [1.54, 1.807) is 0 Å². The number of carboxylic acids is 1. The average Bonchev–Trinajstić information content (AvgIpc) is 2.59. The van der Waals surface area contributed by atoms with Gasteiger partial charge in [-0.3, -0.25) is 14.6 Å². The second-order valence-corrected chi connectivity index (χ2v) is 6.90. The molecule has 1 fully saturated rings. The molecule has 1 aromatic heterocycles. The van der Waals surface area contributed by atoms with Crippen LogP contribution in [0.3, 0.4) is 0 Å². The molecule has 0 bridgehead atoms. The first-order chi connectivity index (χ1) is 12.0. The van der Waals surface area contributed by atoms with Gasteiger partial charge in [-0.2, -0.15) is 0 Å². The molecule has 5 heteroatoms. The van der Waals surface area contributed by atoms with Crippen molar-refractivity contribution in [2.75, 3.05) is 6.54 Å². The largest absolute Gasteiger partial charge is 0.481 e.